The van der Waals surface area contributed by atoms with Crippen LogP contribution in [0.3, 0.4) is 0 Å². The first-order valence-corrected chi connectivity index (χ1v) is 5.79. The molecule has 0 aliphatic heterocycles. The number of halogens is 1. The standard InChI is InChI=1S/C10H21BrO/c1-4-9(5-2)6-7-10(11)8-12-3/h9-10H,4-8H2,1-3H3. The lowest BCUT2D eigenvalue weighted by molar-refractivity contribution is 0.196. The van der Waals surface area contributed by atoms with Gasteiger partial charge in [0.2, 0.25) is 0 Å². The lowest BCUT2D eigenvalue weighted by atomic mass is 9.97. The van der Waals surface area contributed by atoms with Crippen molar-refractivity contribution in [3.63, 3.8) is 0 Å². The maximum Gasteiger partial charge on any atom is 0.0587 e. The van der Waals surface area contributed by atoms with Crippen molar-refractivity contribution in [3.05, 3.63) is 0 Å². The van der Waals surface area contributed by atoms with E-state index in [1.165, 1.54) is 25.7 Å². The summed E-state index contributed by atoms with van der Waals surface area (Å²) in [5.41, 5.74) is 0. The minimum absolute atomic E-state index is 0.545. The van der Waals surface area contributed by atoms with Gasteiger partial charge in [0.1, 0.15) is 0 Å². The van der Waals surface area contributed by atoms with E-state index in [1.54, 1.807) is 7.11 Å². The average molecular weight is 237 g/mol. The lowest BCUT2D eigenvalue weighted by Gasteiger charge is -2.14. The van der Waals surface area contributed by atoms with Gasteiger partial charge in [0.25, 0.3) is 0 Å². The van der Waals surface area contributed by atoms with Crippen LogP contribution in [0.4, 0.5) is 0 Å². The summed E-state index contributed by atoms with van der Waals surface area (Å²) in [6.45, 7) is 5.38. The van der Waals surface area contributed by atoms with Crippen molar-refractivity contribution in [2.24, 2.45) is 5.92 Å². The van der Waals surface area contributed by atoms with Crippen molar-refractivity contribution in [2.45, 2.75) is 44.4 Å². The van der Waals surface area contributed by atoms with Crippen molar-refractivity contribution >= 4 is 15.9 Å². The minimum Gasteiger partial charge on any atom is -0.384 e. The molecule has 0 bridgehead atoms. The summed E-state index contributed by atoms with van der Waals surface area (Å²) in [7, 11) is 1.76. The Morgan fingerprint density at radius 2 is 1.75 bits per heavy atom. The van der Waals surface area contributed by atoms with Gasteiger partial charge in [-0.05, 0) is 18.8 Å². The Kier molecular flexibility index (Phi) is 8.35. The quantitative estimate of drug-likeness (QED) is 0.614. The third kappa shape index (κ3) is 6.01. The van der Waals surface area contributed by atoms with E-state index in [2.05, 4.69) is 29.8 Å². The molecule has 0 aromatic carbocycles. The first-order valence-electron chi connectivity index (χ1n) is 4.87. The number of ether oxygens (including phenoxy) is 1. The molecule has 0 saturated carbocycles. The Balaban J connectivity index is 3.37. The highest BCUT2D eigenvalue weighted by Crippen LogP contribution is 2.18. The van der Waals surface area contributed by atoms with Crippen LogP contribution in [0, 0.1) is 5.92 Å². The lowest BCUT2D eigenvalue weighted by Crippen LogP contribution is -2.09. The molecule has 0 rings (SSSR count). The van der Waals surface area contributed by atoms with Crippen LogP contribution in [-0.2, 0) is 4.74 Å². The summed E-state index contributed by atoms with van der Waals surface area (Å²) in [4.78, 5) is 0.545. The zero-order valence-corrected chi connectivity index (χ0v) is 10.1. The third-order valence-corrected chi connectivity index (χ3v) is 3.11. The molecular formula is C10H21BrO. The van der Waals surface area contributed by atoms with Gasteiger partial charge in [-0.2, -0.15) is 0 Å². The zero-order chi connectivity index (χ0) is 9.40. The Hall–Kier alpha value is 0.440. The Labute approximate surface area is 85.0 Å². The monoisotopic (exact) mass is 236 g/mol. The first kappa shape index (κ1) is 12.4. The molecule has 1 atom stereocenters. The van der Waals surface area contributed by atoms with Crippen LogP contribution in [0.2, 0.25) is 0 Å². The summed E-state index contributed by atoms with van der Waals surface area (Å²) in [5.74, 6) is 0.905. The topological polar surface area (TPSA) is 9.23 Å². The van der Waals surface area contributed by atoms with Crippen LogP contribution in [0.15, 0.2) is 0 Å². The third-order valence-electron chi connectivity index (χ3n) is 2.39. The maximum atomic E-state index is 5.06. The molecule has 0 N–H and O–H groups in total. The Morgan fingerprint density at radius 1 is 1.17 bits per heavy atom. The second-order valence-electron chi connectivity index (χ2n) is 3.31. The van der Waals surface area contributed by atoms with Gasteiger partial charge in [0.15, 0.2) is 0 Å². The van der Waals surface area contributed by atoms with Crippen molar-refractivity contribution in [2.75, 3.05) is 13.7 Å². The van der Waals surface area contributed by atoms with E-state index in [0.29, 0.717) is 4.83 Å². The molecule has 0 amide bonds. The van der Waals surface area contributed by atoms with Gasteiger partial charge in [-0.3, -0.25) is 0 Å². The fourth-order valence-corrected chi connectivity index (χ4v) is 1.91. The molecule has 0 fully saturated rings. The van der Waals surface area contributed by atoms with Crippen LogP contribution >= 0.6 is 15.9 Å². The molecule has 0 aromatic rings. The predicted octanol–water partition coefficient (Wildman–Crippen LogP) is 3.61. The Morgan fingerprint density at radius 3 is 2.17 bits per heavy atom. The summed E-state index contributed by atoms with van der Waals surface area (Å²) >= 11 is 3.60. The van der Waals surface area contributed by atoms with Crippen LogP contribution in [0.1, 0.15) is 39.5 Å². The average Bonchev–Trinajstić information content (AvgIpc) is 2.07. The molecule has 1 unspecified atom stereocenters. The summed E-state index contributed by atoms with van der Waals surface area (Å²) in [6.07, 6.45) is 5.18. The van der Waals surface area contributed by atoms with Gasteiger partial charge in [-0.1, -0.05) is 42.6 Å². The van der Waals surface area contributed by atoms with E-state index in [-0.39, 0.29) is 0 Å². The smallest absolute Gasteiger partial charge is 0.0587 e. The molecule has 0 aliphatic carbocycles. The molecule has 0 saturated heterocycles. The van der Waals surface area contributed by atoms with E-state index >= 15 is 0 Å². The maximum absolute atomic E-state index is 5.06. The van der Waals surface area contributed by atoms with E-state index in [9.17, 15) is 0 Å². The molecule has 0 aromatic heterocycles. The Bertz CT molecular complexity index is 91.8. The predicted molar refractivity (Wildman–Crippen MR) is 57.9 cm³/mol. The van der Waals surface area contributed by atoms with E-state index in [0.717, 1.165) is 12.5 Å². The largest absolute Gasteiger partial charge is 0.384 e. The number of alkyl halides is 1. The highest BCUT2D eigenvalue weighted by molar-refractivity contribution is 9.09. The number of hydrogen-bond acceptors (Lipinski definition) is 1. The summed E-state index contributed by atoms with van der Waals surface area (Å²) in [6, 6.07) is 0. The number of rotatable bonds is 7. The normalized spacial score (nSPS) is 13.8. The van der Waals surface area contributed by atoms with Crippen LogP contribution in [0.25, 0.3) is 0 Å². The van der Waals surface area contributed by atoms with Gasteiger partial charge in [0.05, 0.1) is 6.61 Å². The molecule has 0 radical (unpaired) electrons. The molecule has 0 spiro atoms. The van der Waals surface area contributed by atoms with Gasteiger partial charge >= 0.3 is 0 Å². The highest BCUT2D eigenvalue weighted by atomic mass is 79.9. The van der Waals surface area contributed by atoms with Crippen LogP contribution in [0.5, 0.6) is 0 Å². The van der Waals surface area contributed by atoms with Gasteiger partial charge in [0, 0.05) is 11.9 Å². The molecule has 12 heavy (non-hydrogen) atoms. The molecule has 74 valence electrons. The zero-order valence-electron chi connectivity index (χ0n) is 8.48. The minimum atomic E-state index is 0.545. The molecular weight excluding hydrogens is 216 g/mol. The molecule has 1 nitrogen and oxygen atoms in total. The van der Waals surface area contributed by atoms with E-state index < -0.39 is 0 Å². The van der Waals surface area contributed by atoms with E-state index in [1.807, 2.05) is 0 Å². The van der Waals surface area contributed by atoms with Crippen molar-refractivity contribution in [1.29, 1.82) is 0 Å². The van der Waals surface area contributed by atoms with Gasteiger partial charge in [-0.25, -0.2) is 0 Å². The van der Waals surface area contributed by atoms with Crippen molar-refractivity contribution < 1.29 is 4.74 Å². The SMILES string of the molecule is CCC(CC)CCC(Br)COC. The van der Waals surface area contributed by atoms with Gasteiger partial charge < -0.3 is 4.74 Å². The number of methoxy groups -OCH3 is 1. The van der Waals surface area contributed by atoms with Crippen molar-refractivity contribution in [3.8, 4) is 0 Å². The van der Waals surface area contributed by atoms with Gasteiger partial charge in [-0.15, -0.1) is 0 Å². The van der Waals surface area contributed by atoms with E-state index in [4.69, 9.17) is 4.74 Å². The molecule has 0 heterocycles. The second-order valence-corrected chi connectivity index (χ2v) is 4.61. The van der Waals surface area contributed by atoms with Crippen LogP contribution in [-0.4, -0.2) is 18.5 Å². The summed E-state index contributed by atoms with van der Waals surface area (Å²) < 4.78 is 5.06. The molecule has 2 heteroatoms. The van der Waals surface area contributed by atoms with Crippen molar-refractivity contribution in [1.82, 2.24) is 0 Å². The molecule has 0 aliphatic rings. The fourth-order valence-electron chi connectivity index (χ4n) is 1.38. The first-order chi connectivity index (χ1) is 5.74. The van der Waals surface area contributed by atoms with Crippen LogP contribution < -0.4 is 0 Å². The number of hydrogen-bond donors (Lipinski definition) is 0. The fraction of sp³-hybridized carbons (Fsp3) is 1.00. The highest BCUT2D eigenvalue weighted by Gasteiger charge is 2.07. The summed E-state index contributed by atoms with van der Waals surface area (Å²) in [5, 5.41) is 0. The second kappa shape index (κ2) is 8.06.